The van der Waals surface area contributed by atoms with Crippen LogP contribution < -0.4 is 0 Å². The summed E-state index contributed by atoms with van der Waals surface area (Å²) in [7, 11) is 1.95. The molecular formula is C15H22BrNO2. The molecular weight excluding hydrogens is 306 g/mol. The maximum absolute atomic E-state index is 12.3. The molecule has 0 saturated heterocycles. The molecule has 0 aliphatic heterocycles. The Bertz CT molecular complexity index is 403. The van der Waals surface area contributed by atoms with Crippen molar-refractivity contribution in [3.8, 4) is 0 Å². The van der Waals surface area contributed by atoms with Gasteiger partial charge in [-0.2, -0.15) is 0 Å². The maximum atomic E-state index is 12.3. The molecule has 0 N–H and O–H groups in total. The number of benzene rings is 1. The third-order valence-corrected chi connectivity index (χ3v) is 3.59. The number of ether oxygens (including phenoxy) is 1. The van der Waals surface area contributed by atoms with Crippen molar-refractivity contribution >= 4 is 21.7 Å². The largest absolute Gasteiger partial charge is 0.377 e. The SMILES string of the molecule is CC(C)OCCN(C)C(C)C(=O)c1ccc(Br)cc1. The van der Waals surface area contributed by atoms with E-state index in [1.165, 1.54) is 0 Å². The van der Waals surface area contributed by atoms with E-state index in [2.05, 4.69) is 15.9 Å². The lowest BCUT2D eigenvalue weighted by atomic mass is 10.0. The second kappa shape index (κ2) is 7.78. The summed E-state index contributed by atoms with van der Waals surface area (Å²) in [6, 6.07) is 7.34. The molecule has 1 aromatic rings. The highest BCUT2D eigenvalue weighted by Gasteiger charge is 2.19. The predicted octanol–water partition coefficient (Wildman–Crippen LogP) is 3.38. The summed E-state index contributed by atoms with van der Waals surface area (Å²) in [5, 5.41) is 0. The van der Waals surface area contributed by atoms with Crippen LogP contribution in [0.4, 0.5) is 0 Å². The second-order valence-corrected chi connectivity index (χ2v) is 5.86. The molecule has 0 radical (unpaired) electrons. The number of nitrogens with zero attached hydrogens (tertiary/aromatic N) is 1. The van der Waals surface area contributed by atoms with E-state index >= 15 is 0 Å². The van der Waals surface area contributed by atoms with Crippen LogP contribution in [0.15, 0.2) is 28.7 Å². The Balaban J connectivity index is 2.53. The van der Waals surface area contributed by atoms with E-state index in [-0.39, 0.29) is 17.9 Å². The Morgan fingerprint density at radius 1 is 1.26 bits per heavy atom. The minimum Gasteiger partial charge on any atom is -0.377 e. The van der Waals surface area contributed by atoms with Crippen LogP contribution in [0, 0.1) is 0 Å². The van der Waals surface area contributed by atoms with Gasteiger partial charge in [0.15, 0.2) is 5.78 Å². The first-order chi connectivity index (χ1) is 8.91. The van der Waals surface area contributed by atoms with Crippen molar-refractivity contribution in [2.75, 3.05) is 20.2 Å². The molecule has 19 heavy (non-hydrogen) atoms. The number of hydrogen-bond acceptors (Lipinski definition) is 3. The Hall–Kier alpha value is -0.710. The molecule has 3 nitrogen and oxygen atoms in total. The summed E-state index contributed by atoms with van der Waals surface area (Å²) in [6.07, 6.45) is 0.228. The predicted molar refractivity (Wildman–Crippen MR) is 81.7 cm³/mol. The fourth-order valence-corrected chi connectivity index (χ4v) is 1.95. The highest BCUT2D eigenvalue weighted by Crippen LogP contribution is 2.13. The van der Waals surface area contributed by atoms with Gasteiger partial charge < -0.3 is 4.74 Å². The monoisotopic (exact) mass is 327 g/mol. The van der Waals surface area contributed by atoms with Gasteiger partial charge in [-0.3, -0.25) is 9.69 Å². The number of rotatable bonds is 7. The number of halogens is 1. The summed E-state index contributed by atoms with van der Waals surface area (Å²) in [6.45, 7) is 7.35. The minimum absolute atomic E-state index is 0.138. The zero-order valence-electron chi connectivity index (χ0n) is 12.0. The molecule has 1 aromatic carbocycles. The molecule has 0 amide bonds. The minimum atomic E-state index is -0.142. The number of Topliss-reactive ketones (excluding diaryl/α,β-unsaturated/α-hetero) is 1. The van der Waals surface area contributed by atoms with Gasteiger partial charge in [-0.1, -0.05) is 28.1 Å². The molecule has 0 spiro atoms. The molecule has 0 heterocycles. The lowest BCUT2D eigenvalue weighted by Gasteiger charge is -2.24. The van der Waals surface area contributed by atoms with E-state index < -0.39 is 0 Å². The van der Waals surface area contributed by atoms with Crippen LogP contribution in [0.25, 0.3) is 0 Å². The number of carbonyl (C=O) groups is 1. The van der Waals surface area contributed by atoms with Crippen LogP contribution in [0.2, 0.25) is 0 Å². The lowest BCUT2D eigenvalue weighted by molar-refractivity contribution is 0.0542. The van der Waals surface area contributed by atoms with Crippen LogP contribution >= 0.6 is 15.9 Å². The molecule has 1 atom stereocenters. The molecule has 4 heteroatoms. The quantitative estimate of drug-likeness (QED) is 0.719. The highest BCUT2D eigenvalue weighted by atomic mass is 79.9. The normalized spacial score (nSPS) is 13.0. The van der Waals surface area contributed by atoms with E-state index in [4.69, 9.17) is 4.74 Å². The van der Waals surface area contributed by atoms with Crippen LogP contribution in [0.5, 0.6) is 0 Å². The first-order valence-electron chi connectivity index (χ1n) is 6.53. The molecule has 1 unspecified atom stereocenters. The smallest absolute Gasteiger partial charge is 0.179 e. The maximum Gasteiger partial charge on any atom is 0.179 e. The molecule has 0 fully saturated rings. The van der Waals surface area contributed by atoms with Crippen LogP contribution in [0.1, 0.15) is 31.1 Å². The fraction of sp³-hybridized carbons (Fsp3) is 0.533. The van der Waals surface area contributed by atoms with Crippen molar-refractivity contribution in [2.45, 2.75) is 32.9 Å². The van der Waals surface area contributed by atoms with Crippen molar-refractivity contribution in [3.63, 3.8) is 0 Å². The van der Waals surface area contributed by atoms with Gasteiger partial charge in [0.25, 0.3) is 0 Å². The Morgan fingerprint density at radius 3 is 2.37 bits per heavy atom. The van der Waals surface area contributed by atoms with Gasteiger partial charge in [-0.15, -0.1) is 0 Å². The summed E-state index contributed by atoms with van der Waals surface area (Å²) >= 11 is 3.37. The number of hydrogen-bond donors (Lipinski definition) is 0. The summed E-state index contributed by atoms with van der Waals surface area (Å²) < 4.78 is 6.49. The standard InChI is InChI=1S/C15H22BrNO2/c1-11(2)19-10-9-17(4)12(3)15(18)13-5-7-14(16)8-6-13/h5-8,11-12H,9-10H2,1-4H3. The van der Waals surface area contributed by atoms with Gasteiger partial charge in [-0.05, 0) is 40.0 Å². The Labute approximate surface area is 124 Å². The van der Waals surface area contributed by atoms with Gasteiger partial charge in [0, 0.05) is 16.6 Å². The number of carbonyl (C=O) groups excluding carboxylic acids is 1. The molecule has 106 valence electrons. The number of likely N-dealkylation sites (N-methyl/N-ethyl adjacent to an activating group) is 1. The van der Waals surface area contributed by atoms with E-state index in [0.29, 0.717) is 6.61 Å². The van der Waals surface area contributed by atoms with Gasteiger partial charge in [0.1, 0.15) is 0 Å². The second-order valence-electron chi connectivity index (χ2n) is 4.95. The molecule has 0 aromatic heterocycles. The van der Waals surface area contributed by atoms with E-state index in [1.54, 1.807) is 0 Å². The average molecular weight is 328 g/mol. The first-order valence-corrected chi connectivity index (χ1v) is 7.32. The Morgan fingerprint density at radius 2 is 1.84 bits per heavy atom. The van der Waals surface area contributed by atoms with E-state index in [1.807, 2.05) is 57.0 Å². The molecule has 0 saturated carbocycles. The highest BCUT2D eigenvalue weighted by molar-refractivity contribution is 9.10. The van der Waals surface area contributed by atoms with Crippen molar-refractivity contribution in [3.05, 3.63) is 34.3 Å². The zero-order chi connectivity index (χ0) is 14.4. The Kier molecular flexibility index (Phi) is 6.69. The van der Waals surface area contributed by atoms with Gasteiger partial charge in [0.2, 0.25) is 0 Å². The average Bonchev–Trinajstić information content (AvgIpc) is 2.37. The lowest BCUT2D eigenvalue weighted by Crippen LogP contribution is -2.38. The van der Waals surface area contributed by atoms with Gasteiger partial charge in [0.05, 0.1) is 18.8 Å². The van der Waals surface area contributed by atoms with Crippen LogP contribution in [0.3, 0.4) is 0 Å². The van der Waals surface area contributed by atoms with Crippen molar-refractivity contribution in [2.24, 2.45) is 0 Å². The zero-order valence-corrected chi connectivity index (χ0v) is 13.6. The molecule has 0 bridgehead atoms. The van der Waals surface area contributed by atoms with Crippen molar-refractivity contribution in [1.82, 2.24) is 4.90 Å². The fourth-order valence-electron chi connectivity index (χ4n) is 1.68. The van der Waals surface area contributed by atoms with Crippen LogP contribution in [-0.4, -0.2) is 43.0 Å². The van der Waals surface area contributed by atoms with E-state index in [0.717, 1.165) is 16.6 Å². The van der Waals surface area contributed by atoms with E-state index in [9.17, 15) is 4.79 Å². The summed E-state index contributed by atoms with van der Waals surface area (Å²) in [5.74, 6) is 0.138. The van der Waals surface area contributed by atoms with Gasteiger partial charge in [-0.25, -0.2) is 0 Å². The van der Waals surface area contributed by atoms with Gasteiger partial charge >= 0.3 is 0 Å². The molecule has 0 aliphatic carbocycles. The van der Waals surface area contributed by atoms with Crippen LogP contribution in [-0.2, 0) is 4.74 Å². The van der Waals surface area contributed by atoms with Crippen molar-refractivity contribution < 1.29 is 9.53 Å². The third-order valence-electron chi connectivity index (χ3n) is 3.06. The molecule has 0 aliphatic rings. The summed E-state index contributed by atoms with van der Waals surface area (Å²) in [5.41, 5.74) is 0.743. The first kappa shape index (κ1) is 16.3. The number of ketones is 1. The topological polar surface area (TPSA) is 29.5 Å². The molecule has 1 rings (SSSR count). The summed E-state index contributed by atoms with van der Waals surface area (Å²) in [4.78, 5) is 14.3. The third kappa shape index (κ3) is 5.43. The van der Waals surface area contributed by atoms with Crippen molar-refractivity contribution in [1.29, 1.82) is 0 Å².